The maximum absolute atomic E-state index is 11.8. The van der Waals surface area contributed by atoms with Crippen molar-refractivity contribution in [2.45, 2.75) is 6.36 Å². The Morgan fingerprint density at radius 3 is 2.69 bits per heavy atom. The molecule has 1 aromatic rings. The molecule has 0 unspecified atom stereocenters. The first-order valence-corrected chi connectivity index (χ1v) is 3.42. The third kappa shape index (κ3) is 2.82. The van der Waals surface area contributed by atoms with Crippen molar-refractivity contribution < 1.29 is 17.9 Å². The van der Waals surface area contributed by atoms with E-state index in [4.69, 9.17) is 0 Å². The second-order valence-corrected chi connectivity index (χ2v) is 2.21. The summed E-state index contributed by atoms with van der Waals surface area (Å²) in [5.74, 6) is -0.356. The van der Waals surface area contributed by atoms with Gasteiger partial charge in [0.1, 0.15) is 5.75 Å². The van der Waals surface area contributed by atoms with Gasteiger partial charge in [0, 0.05) is 11.6 Å². The molecular formula is C9H6F3O. The summed E-state index contributed by atoms with van der Waals surface area (Å²) >= 11 is 0. The molecule has 4 heteroatoms. The third-order valence-electron chi connectivity index (χ3n) is 1.29. The van der Waals surface area contributed by atoms with Crippen molar-refractivity contribution in [3.63, 3.8) is 0 Å². The quantitative estimate of drug-likeness (QED) is 0.691. The third-order valence-corrected chi connectivity index (χ3v) is 1.29. The fourth-order valence-electron chi connectivity index (χ4n) is 0.799. The van der Waals surface area contributed by atoms with Crippen molar-refractivity contribution in [1.82, 2.24) is 0 Å². The van der Waals surface area contributed by atoms with E-state index in [0.29, 0.717) is 0 Å². The van der Waals surface area contributed by atoms with Crippen molar-refractivity contribution in [3.8, 4) is 5.75 Å². The Hall–Kier alpha value is -1.45. The van der Waals surface area contributed by atoms with Crippen LogP contribution in [0.1, 0.15) is 5.56 Å². The minimum atomic E-state index is -4.68. The van der Waals surface area contributed by atoms with E-state index in [1.165, 1.54) is 18.2 Å². The first-order valence-electron chi connectivity index (χ1n) is 3.42. The second-order valence-electron chi connectivity index (χ2n) is 2.21. The first-order chi connectivity index (χ1) is 6.03. The number of halogens is 3. The van der Waals surface area contributed by atoms with E-state index in [0.717, 1.165) is 0 Å². The van der Waals surface area contributed by atoms with Crippen LogP contribution in [0.2, 0.25) is 0 Å². The van der Waals surface area contributed by atoms with Crippen LogP contribution in [-0.4, -0.2) is 6.36 Å². The molecule has 0 aliphatic heterocycles. The predicted molar refractivity (Wildman–Crippen MR) is 42.1 cm³/mol. The number of hydrogen-bond acceptors (Lipinski definition) is 1. The van der Waals surface area contributed by atoms with Gasteiger partial charge in [-0.05, 0) is 0 Å². The van der Waals surface area contributed by atoms with Crippen molar-refractivity contribution in [3.05, 3.63) is 36.4 Å². The summed E-state index contributed by atoms with van der Waals surface area (Å²) in [6, 6.07) is 6.69. The van der Waals surface area contributed by atoms with Gasteiger partial charge in [-0.3, -0.25) is 0 Å². The van der Waals surface area contributed by atoms with E-state index in [-0.39, 0.29) is 11.3 Å². The lowest BCUT2D eigenvalue weighted by Gasteiger charge is -2.10. The van der Waals surface area contributed by atoms with Crippen molar-refractivity contribution in [2.75, 3.05) is 0 Å². The van der Waals surface area contributed by atoms with Crippen LogP contribution in [0.5, 0.6) is 5.75 Å². The molecule has 0 aromatic heterocycles. The van der Waals surface area contributed by atoms with Crippen LogP contribution in [-0.2, 0) is 0 Å². The molecule has 0 amide bonds. The van der Waals surface area contributed by atoms with Gasteiger partial charge in [-0.1, -0.05) is 30.9 Å². The lowest BCUT2D eigenvalue weighted by atomic mass is 10.2. The molecular weight excluding hydrogens is 181 g/mol. The number of rotatable bonds is 2. The van der Waals surface area contributed by atoms with Gasteiger partial charge in [-0.25, -0.2) is 0 Å². The van der Waals surface area contributed by atoms with Gasteiger partial charge in [0.15, 0.2) is 0 Å². The maximum Gasteiger partial charge on any atom is 0.573 e. The highest BCUT2D eigenvalue weighted by molar-refractivity contribution is 5.54. The van der Waals surface area contributed by atoms with Crippen LogP contribution in [0.25, 0.3) is 6.08 Å². The van der Waals surface area contributed by atoms with Gasteiger partial charge in [0.05, 0.1) is 0 Å². The minimum Gasteiger partial charge on any atom is -0.404 e. The summed E-state index contributed by atoms with van der Waals surface area (Å²) in [5, 5.41) is 0. The highest BCUT2D eigenvalue weighted by atomic mass is 19.4. The van der Waals surface area contributed by atoms with Crippen LogP contribution in [0.15, 0.2) is 24.8 Å². The molecule has 0 bridgehead atoms. The van der Waals surface area contributed by atoms with Gasteiger partial charge >= 0.3 is 6.36 Å². The highest BCUT2D eigenvalue weighted by Gasteiger charge is 2.31. The second kappa shape index (κ2) is 3.51. The summed E-state index contributed by atoms with van der Waals surface area (Å²) in [7, 11) is 0. The Morgan fingerprint density at radius 1 is 1.46 bits per heavy atom. The topological polar surface area (TPSA) is 9.23 Å². The Balaban J connectivity index is 2.94. The molecule has 1 rings (SSSR count). The molecule has 13 heavy (non-hydrogen) atoms. The SMILES string of the molecule is C=Cc1ccc[c]c1OC(F)(F)F. The van der Waals surface area contributed by atoms with Crippen LogP contribution in [0.3, 0.4) is 0 Å². The summed E-state index contributed by atoms with van der Waals surface area (Å²) in [6.07, 6.45) is -3.41. The molecule has 69 valence electrons. The number of ether oxygens (including phenoxy) is 1. The molecule has 0 saturated carbocycles. The van der Waals surface area contributed by atoms with E-state index in [1.807, 2.05) is 0 Å². The average molecular weight is 187 g/mol. The van der Waals surface area contributed by atoms with Gasteiger partial charge in [-0.15, -0.1) is 13.2 Å². The van der Waals surface area contributed by atoms with Crippen LogP contribution < -0.4 is 4.74 Å². The zero-order chi connectivity index (χ0) is 9.90. The maximum atomic E-state index is 11.8. The van der Waals surface area contributed by atoms with Gasteiger partial charge < -0.3 is 4.74 Å². The minimum absolute atomic E-state index is 0.264. The molecule has 1 nitrogen and oxygen atoms in total. The van der Waals surface area contributed by atoms with E-state index >= 15 is 0 Å². The number of para-hydroxylation sites is 1. The van der Waals surface area contributed by atoms with E-state index in [2.05, 4.69) is 17.4 Å². The van der Waals surface area contributed by atoms with Crippen LogP contribution >= 0.6 is 0 Å². The van der Waals surface area contributed by atoms with Crippen LogP contribution in [0, 0.1) is 6.07 Å². The number of alkyl halides is 3. The van der Waals surface area contributed by atoms with Gasteiger partial charge in [0.2, 0.25) is 0 Å². The Bertz CT molecular complexity index is 304. The normalized spacial score (nSPS) is 11.0. The Morgan fingerprint density at radius 2 is 2.15 bits per heavy atom. The van der Waals surface area contributed by atoms with Gasteiger partial charge in [0.25, 0.3) is 0 Å². The molecule has 1 radical (unpaired) electrons. The van der Waals surface area contributed by atoms with Gasteiger partial charge in [-0.2, -0.15) is 0 Å². The van der Waals surface area contributed by atoms with Crippen molar-refractivity contribution in [2.24, 2.45) is 0 Å². The Labute approximate surface area is 73.4 Å². The molecule has 0 aliphatic carbocycles. The molecule has 0 atom stereocenters. The van der Waals surface area contributed by atoms with Crippen molar-refractivity contribution in [1.29, 1.82) is 0 Å². The lowest BCUT2D eigenvalue weighted by Crippen LogP contribution is -2.17. The number of hydrogen-bond donors (Lipinski definition) is 0. The fourth-order valence-corrected chi connectivity index (χ4v) is 0.799. The van der Waals surface area contributed by atoms with E-state index in [9.17, 15) is 13.2 Å². The summed E-state index contributed by atoms with van der Waals surface area (Å²) < 4.78 is 39.0. The molecule has 0 saturated heterocycles. The predicted octanol–water partition coefficient (Wildman–Crippen LogP) is 3.03. The highest BCUT2D eigenvalue weighted by Crippen LogP contribution is 2.25. The lowest BCUT2D eigenvalue weighted by molar-refractivity contribution is -0.274. The standard InChI is InChI=1S/C9H6F3O/c1-2-7-5-3-4-6-8(7)13-9(10,11)12/h2-5H,1H2. The van der Waals surface area contributed by atoms with Crippen LogP contribution in [0.4, 0.5) is 13.2 Å². The zero-order valence-electron chi connectivity index (χ0n) is 6.56. The first kappa shape index (κ1) is 9.64. The molecule has 0 fully saturated rings. The summed E-state index contributed by atoms with van der Waals surface area (Å²) in [5.41, 5.74) is 0.264. The summed E-state index contributed by atoms with van der Waals surface area (Å²) in [4.78, 5) is 0. The molecule has 0 heterocycles. The molecule has 0 spiro atoms. The average Bonchev–Trinajstić information content (AvgIpc) is 2.02. The molecule has 0 aliphatic rings. The van der Waals surface area contributed by atoms with E-state index < -0.39 is 6.36 Å². The van der Waals surface area contributed by atoms with Crippen molar-refractivity contribution >= 4 is 6.08 Å². The monoisotopic (exact) mass is 187 g/mol. The number of benzene rings is 1. The molecule has 1 aromatic carbocycles. The van der Waals surface area contributed by atoms with E-state index in [1.54, 1.807) is 6.07 Å². The zero-order valence-corrected chi connectivity index (χ0v) is 6.56. The molecule has 0 N–H and O–H groups in total. The largest absolute Gasteiger partial charge is 0.573 e. The smallest absolute Gasteiger partial charge is 0.404 e. The fraction of sp³-hybridized carbons (Fsp3) is 0.111. The summed E-state index contributed by atoms with van der Waals surface area (Å²) in [6.45, 7) is 3.35. The Kier molecular flexibility index (Phi) is 2.60.